The number of piperidine rings is 1. The van der Waals surface area contributed by atoms with Crippen LogP contribution in [0.25, 0.3) is 10.9 Å². The summed E-state index contributed by atoms with van der Waals surface area (Å²) in [5.74, 6) is 4.08. The number of rotatable bonds is 8. The summed E-state index contributed by atoms with van der Waals surface area (Å²) in [5.41, 5.74) is 9.97. The standard InChI is InChI=1S/C29H38N4O2/c1-34-18-15-25(30)22-11-12-26-24(19-22)29(32-28(31-26)21-7-3-4-8-21)33-16-13-20(14-17-33)23-9-5-6-10-27(23)35-2/h5-6,9-12,19-21,25H,3-4,7-8,13-18,30H2,1-2H3. The fourth-order valence-corrected chi connectivity index (χ4v) is 5.80. The van der Waals surface area contributed by atoms with Gasteiger partial charge in [-0.25, -0.2) is 9.97 Å². The fraction of sp³-hybridized carbons (Fsp3) is 0.517. The van der Waals surface area contributed by atoms with Crippen LogP contribution < -0.4 is 15.4 Å². The SMILES string of the molecule is COCCC(N)c1ccc2nc(C3CCCC3)nc(N3CCC(c4ccccc4OC)CC3)c2c1. The van der Waals surface area contributed by atoms with Crippen LogP contribution in [-0.2, 0) is 4.74 Å². The highest BCUT2D eigenvalue weighted by atomic mass is 16.5. The zero-order chi connectivity index (χ0) is 24.2. The maximum atomic E-state index is 6.49. The lowest BCUT2D eigenvalue weighted by Crippen LogP contribution is -2.34. The van der Waals surface area contributed by atoms with E-state index < -0.39 is 0 Å². The first kappa shape index (κ1) is 24.0. The number of hydrogen-bond acceptors (Lipinski definition) is 6. The summed E-state index contributed by atoms with van der Waals surface area (Å²) < 4.78 is 10.9. The van der Waals surface area contributed by atoms with E-state index in [9.17, 15) is 0 Å². The zero-order valence-corrected chi connectivity index (χ0v) is 21.1. The summed E-state index contributed by atoms with van der Waals surface area (Å²) >= 11 is 0. The van der Waals surface area contributed by atoms with Gasteiger partial charge in [0, 0.05) is 44.2 Å². The van der Waals surface area contributed by atoms with E-state index in [1.807, 2.05) is 6.07 Å². The van der Waals surface area contributed by atoms with Crippen molar-refractivity contribution in [2.75, 3.05) is 38.8 Å². The van der Waals surface area contributed by atoms with Crippen LogP contribution in [0.1, 0.15) is 79.8 Å². The Morgan fingerprint density at radius 1 is 0.971 bits per heavy atom. The first-order valence-electron chi connectivity index (χ1n) is 13.1. The summed E-state index contributed by atoms with van der Waals surface area (Å²) in [6.45, 7) is 2.59. The first-order valence-corrected chi connectivity index (χ1v) is 13.1. The predicted octanol–water partition coefficient (Wildman–Crippen LogP) is 5.72. The van der Waals surface area contributed by atoms with Gasteiger partial charge >= 0.3 is 0 Å². The Bertz CT molecular complexity index is 1140. The number of ether oxygens (including phenoxy) is 2. The van der Waals surface area contributed by atoms with Crippen LogP contribution in [-0.4, -0.2) is 43.9 Å². The van der Waals surface area contributed by atoms with Gasteiger partial charge in [0.2, 0.25) is 0 Å². The normalized spacial score (nSPS) is 18.3. The Kier molecular flexibility index (Phi) is 7.49. The van der Waals surface area contributed by atoms with Crippen LogP contribution in [0.3, 0.4) is 0 Å². The highest BCUT2D eigenvalue weighted by Crippen LogP contribution is 2.39. The van der Waals surface area contributed by atoms with E-state index in [0.717, 1.165) is 66.2 Å². The predicted molar refractivity (Wildman–Crippen MR) is 141 cm³/mol. The molecule has 2 N–H and O–H groups in total. The molecule has 1 aromatic heterocycles. The third kappa shape index (κ3) is 5.14. The van der Waals surface area contributed by atoms with Crippen LogP contribution in [0, 0.1) is 0 Å². The van der Waals surface area contributed by atoms with E-state index in [1.54, 1.807) is 14.2 Å². The molecule has 3 aromatic rings. The number of nitrogens with zero attached hydrogens (tertiary/aromatic N) is 3. The summed E-state index contributed by atoms with van der Waals surface area (Å²) in [6.07, 6.45) is 7.90. The Morgan fingerprint density at radius 3 is 2.49 bits per heavy atom. The average Bonchev–Trinajstić information content (AvgIpc) is 3.46. The van der Waals surface area contributed by atoms with Crippen LogP contribution >= 0.6 is 0 Å². The Hall–Kier alpha value is -2.70. The number of nitrogens with two attached hydrogens (primary N) is 1. The van der Waals surface area contributed by atoms with Gasteiger partial charge in [-0.1, -0.05) is 37.1 Å². The Morgan fingerprint density at radius 2 is 1.74 bits per heavy atom. The zero-order valence-electron chi connectivity index (χ0n) is 21.1. The lowest BCUT2D eigenvalue weighted by molar-refractivity contribution is 0.188. The maximum Gasteiger partial charge on any atom is 0.140 e. The third-order valence-corrected chi connectivity index (χ3v) is 7.87. The molecular weight excluding hydrogens is 436 g/mol. The number of anilines is 1. The van der Waals surface area contributed by atoms with Gasteiger partial charge in [0.1, 0.15) is 17.4 Å². The van der Waals surface area contributed by atoms with Crippen LogP contribution in [0.2, 0.25) is 0 Å². The van der Waals surface area contributed by atoms with Crippen molar-refractivity contribution in [3.8, 4) is 5.75 Å². The molecule has 0 radical (unpaired) electrons. The van der Waals surface area contributed by atoms with Crippen molar-refractivity contribution in [3.63, 3.8) is 0 Å². The van der Waals surface area contributed by atoms with Gasteiger partial charge in [-0.05, 0) is 67.3 Å². The molecule has 1 saturated carbocycles. The summed E-state index contributed by atoms with van der Waals surface area (Å²) in [7, 11) is 3.48. The van der Waals surface area contributed by atoms with E-state index in [4.69, 9.17) is 25.2 Å². The van der Waals surface area contributed by atoms with Gasteiger partial charge < -0.3 is 20.1 Å². The van der Waals surface area contributed by atoms with Crippen molar-refractivity contribution < 1.29 is 9.47 Å². The average molecular weight is 475 g/mol. The number of fused-ring (bicyclic) bond motifs is 1. The number of methoxy groups -OCH3 is 2. The lowest BCUT2D eigenvalue weighted by Gasteiger charge is -2.34. The molecule has 2 aromatic carbocycles. The minimum absolute atomic E-state index is 0.0574. The van der Waals surface area contributed by atoms with Crippen molar-refractivity contribution in [2.24, 2.45) is 5.73 Å². The molecule has 0 bridgehead atoms. The molecule has 1 aliphatic carbocycles. The molecule has 2 fully saturated rings. The molecule has 1 unspecified atom stereocenters. The van der Waals surface area contributed by atoms with Crippen LogP contribution in [0.15, 0.2) is 42.5 Å². The second-order valence-corrected chi connectivity index (χ2v) is 10.1. The highest BCUT2D eigenvalue weighted by molar-refractivity contribution is 5.90. The summed E-state index contributed by atoms with van der Waals surface area (Å²) in [6, 6.07) is 14.9. The summed E-state index contributed by atoms with van der Waals surface area (Å²) in [4.78, 5) is 12.7. The van der Waals surface area contributed by atoms with Crippen molar-refractivity contribution in [3.05, 3.63) is 59.4 Å². The molecule has 1 saturated heterocycles. The van der Waals surface area contributed by atoms with E-state index in [2.05, 4.69) is 41.3 Å². The minimum atomic E-state index is -0.0574. The highest BCUT2D eigenvalue weighted by Gasteiger charge is 2.27. The molecule has 1 aliphatic heterocycles. The Labute approximate surface area is 208 Å². The fourth-order valence-electron chi connectivity index (χ4n) is 5.80. The largest absolute Gasteiger partial charge is 0.496 e. The molecule has 2 heterocycles. The monoisotopic (exact) mass is 474 g/mol. The van der Waals surface area contributed by atoms with Gasteiger partial charge in [-0.3, -0.25) is 0 Å². The molecule has 5 rings (SSSR count). The van der Waals surface area contributed by atoms with Gasteiger partial charge in [0.25, 0.3) is 0 Å². The van der Waals surface area contributed by atoms with Gasteiger partial charge in [-0.15, -0.1) is 0 Å². The van der Waals surface area contributed by atoms with E-state index in [-0.39, 0.29) is 6.04 Å². The minimum Gasteiger partial charge on any atom is -0.496 e. The lowest BCUT2D eigenvalue weighted by atomic mass is 9.88. The second kappa shape index (κ2) is 10.9. The van der Waals surface area contributed by atoms with E-state index in [0.29, 0.717) is 18.4 Å². The Balaban J connectivity index is 1.46. The molecule has 186 valence electrons. The number of aromatic nitrogens is 2. The van der Waals surface area contributed by atoms with Crippen molar-refractivity contribution >= 4 is 16.7 Å². The molecule has 1 atom stereocenters. The maximum absolute atomic E-state index is 6.49. The van der Waals surface area contributed by atoms with Gasteiger partial charge in [0.05, 0.1) is 12.6 Å². The molecule has 6 heteroatoms. The van der Waals surface area contributed by atoms with Crippen molar-refractivity contribution in [2.45, 2.75) is 62.8 Å². The van der Waals surface area contributed by atoms with Crippen molar-refractivity contribution in [1.29, 1.82) is 0 Å². The molecule has 0 spiro atoms. The smallest absolute Gasteiger partial charge is 0.140 e. The summed E-state index contributed by atoms with van der Waals surface area (Å²) in [5, 5.41) is 1.12. The number of hydrogen-bond donors (Lipinski definition) is 1. The third-order valence-electron chi connectivity index (χ3n) is 7.87. The van der Waals surface area contributed by atoms with E-state index >= 15 is 0 Å². The number of para-hydroxylation sites is 1. The van der Waals surface area contributed by atoms with Gasteiger partial charge in [-0.2, -0.15) is 0 Å². The number of benzene rings is 2. The molecular formula is C29H38N4O2. The first-order chi connectivity index (χ1) is 17.2. The molecule has 2 aliphatic rings. The molecule has 35 heavy (non-hydrogen) atoms. The topological polar surface area (TPSA) is 73.5 Å². The molecule has 0 amide bonds. The van der Waals surface area contributed by atoms with Gasteiger partial charge in [0.15, 0.2) is 0 Å². The second-order valence-electron chi connectivity index (χ2n) is 10.1. The quantitative estimate of drug-likeness (QED) is 0.450. The van der Waals surface area contributed by atoms with Crippen molar-refractivity contribution in [1.82, 2.24) is 9.97 Å². The van der Waals surface area contributed by atoms with E-state index in [1.165, 1.54) is 31.2 Å². The van der Waals surface area contributed by atoms with Crippen LogP contribution in [0.5, 0.6) is 5.75 Å². The molecule has 6 nitrogen and oxygen atoms in total. The van der Waals surface area contributed by atoms with Crippen LogP contribution in [0.4, 0.5) is 5.82 Å².